The van der Waals surface area contributed by atoms with Gasteiger partial charge in [0.05, 0.1) is 11.9 Å². The van der Waals surface area contributed by atoms with Crippen molar-refractivity contribution in [3.8, 4) is 0 Å². The molecule has 0 amide bonds. The average Bonchev–Trinajstić information content (AvgIpc) is 3.02. The Morgan fingerprint density at radius 1 is 1.11 bits per heavy atom. The third-order valence-corrected chi connectivity index (χ3v) is 5.46. The van der Waals surface area contributed by atoms with Crippen LogP contribution < -0.4 is 0 Å². The van der Waals surface area contributed by atoms with Gasteiger partial charge in [-0.15, -0.1) is 0 Å². The maximum absolute atomic E-state index is 12.7. The van der Waals surface area contributed by atoms with Crippen LogP contribution in [0.2, 0.25) is 0 Å². The first kappa shape index (κ1) is 17.7. The van der Waals surface area contributed by atoms with Crippen LogP contribution in [-0.4, -0.2) is 48.4 Å². The van der Waals surface area contributed by atoms with Gasteiger partial charge in [-0.2, -0.15) is 0 Å². The predicted molar refractivity (Wildman–Crippen MR) is 109 cm³/mol. The summed E-state index contributed by atoms with van der Waals surface area (Å²) in [4.78, 5) is 14.4. The Balaban J connectivity index is 1.83. The summed E-state index contributed by atoms with van der Waals surface area (Å²) >= 11 is 0. The number of nitrogens with one attached hydrogen (secondary N) is 1. The van der Waals surface area contributed by atoms with E-state index in [1.54, 1.807) is 19.0 Å². The minimum Gasteiger partial charge on any atom is -0.381 e. The first-order valence-corrected chi connectivity index (χ1v) is 9.44. The summed E-state index contributed by atoms with van der Waals surface area (Å²) in [5.41, 5.74) is 2.99. The highest BCUT2D eigenvalue weighted by atomic mass is 16.5. The molecule has 3 aromatic rings. The molecule has 0 aliphatic carbocycles. The van der Waals surface area contributed by atoms with E-state index >= 15 is 0 Å². The van der Waals surface area contributed by atoms with Gasteiger partial charge >= 0.3 is 0 Å². The number of amidine groups is 1. The number of hydrogen-bond acceptors (Lipinski definition) is 3. The molecule has 4 rings (SSSR count). The van der Waals surface area contributed by atoms with Gasteiger partial charge in [-0.05, 0) is 25.0 Å². The fraction of sp³-hybridized carbons (Fsp3) is 0.364. The molecule has 1 aromatic heterocycles. The summed E-state index contributed by atoms with van der Waals surface area (Å²) in [5.74, 6) is 0.310. The number of Topliss-reactive ketones (excluding diaryl/α,β-unsaturated/α-hetero) is 1. The molecule has 5 heteroatoms. The number of aromatic nitrogens is 1. The zero-order valence-corrected chi connectivity index (χ0v) is 15.9. The van der Waals surface area contributed by atoms with Crippen LogP contribution in [0.4, 0.5) is 0 Å². The molecule has 5 nitrogen and oxygen atoms in total. The van der Waals surface area contributed by atoms with Gasteiger partial charge in [0.25, 0.3) is 0 Å². The van der Waals surface area contributed by atoms with E-state index in [1.165, 1.54) is 16.3 Å². The van der Waals surface area contributed by atoms with Gasteiger partial charge < -0.3 is 14.2 Å². The van der Waals surface area contributed by atoms with E-state index in [9.17, 15) is 4.79 Å². The van der Waals surface area contributed by atoms with Crippen LogP contribution in [0.1, 0.15) is 35.7 Å². The molecule has 27 heavy (non-hydrogen) atoms. The van der Waals surface area contributed by atoms with Crippen LogP contribution in [0.25, 0.3) is 21.8 Å². The Labute approximate surface area is 159 Å². The second-order valence-electron chi connectivity index (χ2n) is 7.40. The van der Waals surface area contributed by atoms with E-state index in [-0.39, 0.29) is 12.2 Å². The van der Waals surface area contributed by atoms with Crippen LogP contribution in [-0.2, 0) is 4.74 Å². The van der Waals surface area contributed by atoms with E-state index in [4.69, 9.17) is 10.1 Å². The first-order valence-electron chi connectivity index (χ1n) is 9.44. The van der Waals surface area contributed by atoms with Crippen molar-refractivity contribution in [2.75, 3.05) is 27.3 Å². The molecule has 1 N–H and O–H groups in total. The molecule has 0 bridgehead atoms. The number of carbonyl (C=O) groups is 1. The van der Waals surface area contributed by atoms with Gasteiger partial charge in [0.15, 0.2) is 5.78 Å². The lowest BCUT2D eigenvalue weighted by Crippen LogP contribution is -2.23. The minimum absolute atomic E-state index is 0.0145. The normalized spacial score (nSPS) is 15.3. The number of nitrogens with zero attached hydrogens (tertiary/aromatic N) is 2. The monoisotopic (exact) mass is 363 g/mol. The Morgan fingerprint density at radius 2 is 1.81 bits per heavy atom. The maximum Gasteiger partial charge on any atom is 0.170 e. The Kier molecular flexibility index (Phi) is 4.70. The number of ether oxygens (including phenoxy) is 1. The molecule has 0 unspecified atom stereocenters. The molecule has 140 valence electrons. The second kappa shape index (κ2) is 7.16. The fourth-order valence-electron chi connectivity index (χ4n) is 3.92. The number of rotatable bonds is 4. The number of para-hydroxylation sites is 1. The topological polar surface area (TPSA) is 58.3 Å². The first-order chi connectivity index (χ1) is 13.1. The molecule has 0 radical (unpaired) electrons. The molecular weight excluding hydrogens is 338 g/mol. The summed E-state index contributed by atoms with van der Waals surface area (Å²) in [6.45, 7) is 1.55. The standard InChI is InChI=1S/C22H25N3O2/c1-24(2)22(23)14-21(26)15-7-8-18-17-5-3-4-6-19(17)25(20(18)13-15)16-9-11-27-12-10-16/h3-8,13,16,23H,9-12,14H2,1-2H3. The zero-order valence-electron chi connectivity index (χ0n) is 15.9. The van der Waals surface area contributed by atoms with Crippen LogP contribution >= 0.6 is 0 Å². The smallest absolute Gasteiger partial charge is 0.170 e. The Hall–Kier alpha value is -2.66. The van der Waals surface area contributed by atoms with Crippen molar-refractivity contribution in [3.63, 3.8) is 0 Å². The Morgan fingerprint density at radius 3 is 2.56 bits per heavy atom. The average molecular weight is 363 g/mol. The summed E-state index contributed by atoms with van der Waals surface area (Å²) in [5, 5.41) is 10.4. The summed E-state index contributed by atoms with van der Waals surface area (Å²) in [7, 11) is 3.59. The van der Waals surface area contributed by atoms with Gasteiger partial charge in [0.2, 0.25) is 0 Å². The van der Waals surface area contributed by atoms with Crippen LogP contribution in [0.5, 0.6) is 0 Å². The molecule has 1 saturated heterocycles. The lowest BCUT2D eigenvalue weighted by Gasteiger charge is -2.25. The third kappa shape index (κ3) is 3.23. The van der Waals surface area contributed by atoms with E-state index < -0.39 is 0 Å². The van der Waals surface area contributed by atoms with Crippen LogP contribution in [0.15, 0.2) is 42.5 Å². The molecule has 2 heterocycles. The van der Waals surface area contributed by atoms with Crippen LogP contribution in [0, 0.1) is 5.41 Å². The summed E-state index contributed by atoms with van der Waals surface area (Å²) in [6, 6.07) is 14.8. The Bertz CT molecular complexity index is 1010. The number of hydrogen-bond donors (Lipinski definition) is 1. The molecule has 0 atom stereocenters. The lowest BCUT2D eigenvalue weighted by molar-refractivity contribution is 0.0717. The quantitative estimate of drug-likeness (QED) is 0.428. The molecule has 0 saturated carbocycles. The van der Waals surface area contributed by atoms with Gasteiger partial charge in [-0.3, -0.25) is 10.2 Å². The molecule has 0 spiro atoms. The second-order valence-corrected chi connectivity index (χ2v) is 7.40. The highest BCUT2D eigenvalue weighted by Gasteiger charge is 2.22. The van der Waals surface area contributed by atoms with Crippen molar-refractivity contribution in [1.82, 2.24) is 9.47 Å². The minimum atomic E-state index is -0.0145. The SMILES string of the molecule is CN(C)C(=N)CC(=O)c1ccc2c3ccccc3n(C3CCOCC3)c2c1. The molecule has 1 aliphatic heterocycles. The molecular formula is C22H25N3O2. The number of carbonyl (C=O) groups excluding carboxylic acids is 1. The van der Waals surface area contributed by atoms with Gasteiger partial charge in [0.1, 0.15) is 5.84 Å². The van der Waals surface area contributed by atoms with Crippen molar-refractivity contribution in [3.05, 3.63) is 48.0 Å². The van der Waals surface area contributed by atoms with Crippen LogP contribution in [0.3, 0.4) is 0 Å². The largest absolute Gasteiger partial charge is 0.381 e. The third-order valence-electron chi connectivity index (χ3n) is 5.46. The van der Waals surface area contributed by atoms with E-state index in [2.05, 4.69) is 34.9 Å². The van der Waals surface area contributed by atoms with E-state index in [1.807, 2.05) is 12.1 Å². The van der Waals surface area contributed by atoms with Crippen molar-refractivity contribution < 1.29 is 9.53 Å². The molecule has 1 fully saturated rings. The molecule has 1 aliphatic rings. The van der Waals surface area contributed by atoms with Crippen molar-refractivity contribution in [2.24, 2.45) is 0 Å². The maximum atomic E-state index is 12.7. The van der Waals surface area contributed by atoms with Gasteiger partial charge in [-0.25, -0.2) is 0 Å². The van der Waals surface area contributed by atoms with Gasteiger partial charge in [0, 0.05) is 55.2 Å². The highest BCUT2D eigenvalue weighted by Crippen LogP contribution is 2.35. The van der Waals surface area contributed by atoms with Crippen molar-refractivity contribution >= 4 is 33.4 Å². The number of fused-ring (bicyclic) bond motifs is 3. The molecule has 2 aromatic carbocycles. The van der Waals surface area contributed by atoms with E-state index in [0.717, 1.165) is 31.6 Å². The summed E-state index contributed by atoms with van der Waals surface area (Å²) < 4.78 is 7.94. The van der Waals surface area contributed by atoms with Crippen molar-refractivity contribution in [1.29, 1.82) is 5.41 Å². The zero-order chi connectivity index (χ0) is 19.0. The van der Waals surface area contributed by atoms with Crippen molar-refractivity contribution in [2.45, 2.75) is 25.3 Å². The highest BCUT2D eigenvalue weighted by molar-refractivity contribution is 6.13. The fourth-order valence-corrected chi connectivity index (χ4v) is 3.92. The van der Waals surface area contributed by atoms with Gasteiger partial charge in [-0.1, -0.05) is 30.3 Å². The number of benzene rings is 2. The number of ketones is 1. The lowest BCUT2D eigenvalue weighted by atomic mass is 10.0. The summed E-state index contributed by atoms with van der Waals surface area (Å²) in [6.07, 6.45) is 2.09. The predicted octanol–water partition coefficient (Wildman–Crippen LogP) is 4.26. The van der Waals surface area contributed by atoms with E-state index in [0.29, 0.717) is 17.4 Å².